The standard InChI is InChI=1S/C28H36O5S/c1-19(2)15-28(14-13-20-7-5-4-6-8-20)16-23(29)26(27(30)33-28)25(21-9-10-21)24-12-11-22(34-24)17-32-18-31-3/h4-8,11-12,19,21,25-26H,9-10,13-18H2,1-3H3. The van der Waals surface area contributed by atoms with E-state index in [0.29, 0.717) is 37.7 Å². The SMILES string of the molecule is COCOCc1ccc(C(C2CC2)C2C(=O)CC(CCc3ccccc3)(CC(C)C)OC2=O)s1. The zero-order chi connectivity index (χ0) is 24.1. The smallest absolute Gasteiger partial charge is 0.317 e. The van der Waals surface area contributed by atoms with Gasteiger partial charge in [0.05, 0.1) is 6.61 Å². The minimum Gasteiger partial charge on any atom is -0.458 e. The average Bonchev–Trinajstić information content (AvgIpc) is 3.53. The normalized spacial score (nSPS) is 23.8. The van der Waals surface area contributed by atoms with Crippen molar-refractivity contribution in [2.45, 2.75) is 70.5 Å². The topological polar surface area (TPSA) is 61.8 Å². The molecule has 0 spiro atoms. The molecule has 0 radical (unpaired) electrons. The fourth-order valence-corrected chi connectivity index (χ4v) is 6.52. The number of hydrogen-bond donors (Lipinski definition) is 0. The second-order valence-electron chi connectivity index (χ2n) is 10.2. The lowest BCUT2D eigenvalue weighted by Gasteiger charge is -2.41. The summed E-state index contributed by atoms with van der Waals surface area (Å²) in [5.41, 5.74) is 0.492. The Kier molecular flexibility index (Phi) is 8.22. The monoisotopic (exact) mass is 484 g/mol. The maximum absolute atomic E-state index is 13.6. The predicted molar refractivity (Wildman–Crippen MR) is 133 cm³/mol. The molecule has 1 aliphatic carbocycles. The van der Waals surface area contributed by atoms with Gasteiger partial charge in [-0.1, -0.05) is 44.2 Å². The first-order chi connectivity index (χ1) is 16.4. The van der Waals surface area contributed by atoms with Gasteiger partial charge in [0.2, 0.25) is 0 Å². The highest BCUT2D eigenvalue weighted by atomic mass is 32.1. The summed E-state index contributed by atoms with van der Waals surface area (Å²) in [7, 11) is 1.60. The molecule has 1 aromatic heterocycles. The molecule has 4 rings (SSSR count). The summed E-state index contributed by atoms with van der Waals surface area (Å²) in [6.07, 6.45) is 4.60. The zero-order valence-corrected chi connectivity index (χ0v) is 21.3. The Bertz CT molecular complexity index is 944. The van der Waals surface area contributed by atoms with E-state index in [4.69, 9.17) is 14.2 Å². The number of carbonyl (C=O) groups excluding carboxylic acids is 2. The summed E-state index contributed by atoms with van der Waals surface area (Å²) in [4.78, 5) is 29.3. The minimum atomic E-state index is -0.711. The molecular formula is C28H36O5S. The zero-order valence-electron chi connectivity index (χ0n) is 20.5. The van der Waals surface area contributed by atoms with Gasteiger partial charge in [-0.05, 0) is 61.6 Å². The Labute approximate surface area is 206 Å². The molecule has 2 fully saturated rings. The van der Waals surface area contributed by atoms with Gasteiger partial charge in [0.15, 0.2) is 5.78 Å². The van der Waals surface area contributed by atoms with Crippen molar-refractivity contribution in [3.05, 3.63) is 57.8 Å². The van der Waals surface area contributed by atoms with Crippen LogP contribution < -0.4 is 0 Å². The van der Waals surface area contributed by atoms with Gasteiger partial charge in [0.1, 0.15) is 18.3 Å². The molecule has 184 valence electrons. The maximum atomic E-state index is 13.6. The van der Waals surface area contributed by atoms with Crippen LogP contribution in [-0.2, 0) is 36.8 Å². The molecule has 34 heavy (non-hydrogen) atoms. The number of ketones is 1. The molecule has 2 aromatic rings. The van der Waals surface area contributed by atoms with Crippen LogP contribution in [0.5, 0.6) is 0 Å². The van der Waals surface area contributed by atoms with Crippen molar-refractivity contribution < 1.29 is 23.8 Å². The van der Waals surface area contributed by atoms with Crippen LogP contribution in [-0.4, -0.2) is 31.3 Å². The second kappa shape index (κ2) is 11.1. The number of esters is 1. The summed E-state index contributed by atoms with van der Waals surface area (Å²) >= 11 is 1.64. The van der Waals surface area contributed by atoms with Crippen LogP contribution in [0, 0.1) is 17.8 Å². The fraction of sp³-hybridized carbons (Fsp3) is 0.571. The minimum absolute atomic E-state index is 0.0486. The third-order valence-electron chi connectivity index (χ3n) is 6.85. The number of rotatable bonds is 12. The fourth-order valence-electron chi connectivity index (χ4n) is 5.34. The summed E-state index contributed by atoms with van der Waals surface area (Å²) < 4.78 is 16.7. The van der Waals surface area contributed by atoms with Crippen molar-refractivity contribution in [1.82, 2.24) is 0 Å². The molecule has 5 nitrogen and oxygen atoms in total. The number of ether oxygens (including phenoxy) is 3. The first-order valence-electron chi connectivity index (χ1n) is 12.4. The van der Waals surface area contributed by atoms with Crippen LogP contribution in [0.4, 0.5) is 0 Å². The molecule has 3 unspecified atom stereocenters. The van der Waals surface area contributed by atoms with Crippen molar-refractivity contribution in [2.24, 2.45) is 17.8 Å². The summed E-state index contributed by atoms with van der Waals surface area (Å²) in [6.45, 7) is 4.96. The number of cyclic esters (lactones) is 1. The summed E-state index contributed by atoms with van der Waals surface area (Å²) in [5, 5.41) is 0. The van der Waals surface area contributed by atoms with E-state index < -0.39 is 11.5 Å². The molecule has 1 aliphatic heterocycles. The van der Waals surface area contributed by atoms with E-state index >= 15 is 0 Å². The van der Waals surface area contributed by atoms with Gasteiger partial charge >= 0.3 is 5.97 Å². The quantitative estimate of drug-likeness (QED) is 0.162. The molecule has 1 saturated carbocycles. The molecular weight excluding hydrogens is 448 g/mol. The summed E-state index contributed by atoms with van der Waals surface area (Å²) in [6, 6.07) is 14.3. The maximum Gasteiger partial charge on any atom is 0.317 e. The van der Waals surface area contributed by atoms with E-state index in [-0.39, 0.29) is 24.5 Å². The highest BCUT2D eigenvalue weighted by Crippen LogP contribution is 2.51. The Hall–Kier alpha value is -2.02. The Morgan fingerprint density at radius 2 is 1.88 bits per heavy atom. The van der Waals surface area contributed by atoms with Crippen LogP contribution in [0.15, 0.2) is 42.5 Å². The summed E-state index contributed by atoms with van der Waals surface area (Å²) in [5.74, 6) is -0.364. The lowest BCUT2D eigenvalue weighted by molar-refractivity contribution is -0.181. The molecule has 1 saturated heterocycles. The van der Waals surface area contributed by atoms with Crippen molar-refractivity contribution in [3.63, 3.8) is 0 Å². The third kappa shape index (κ3) is 6.15. The van der Waals surface area contributed by atoms with E-state index in [1.54, 1.807) is 18.4 Å². The average molecular weight is 485 g/mol. The number of carbonyl (C=O) groups is 2. The van der Waals surface area contributed by atoms with Crippen molar-refractivity contribution in [2.75, 3.05) is 13.9 Å². The molecule has 0 amide bonds. The number of methoxy groups -OCH3 is 1. The van der Waals surface area contributed by atoms with E-state index in [2.05, 4.69) is 32.0 Å². The van der Waals surface area contributed by atoms with Crippen LogP contribution in [0.3, 0.4) is 0 Å². The van der Waals surface area contributed by atoms with Gasteiger partial charge < -0.3 is 14.2 Å². The van der Waals surface area contributed by atoms with Crippen molar-refractivity contribution in [3.8, 4) is 0 Å². The largest absolute Gasteiger partial charge is 0.458 e. The van der Waals surface area contributed by atoms with Gasteiger partial charge in [0.25, 0.3) is 0 Å². The second-order valence-corrected chi connectivity index (χ2v) is 11.4. The highest BCUT2D eigenvalue weighted by molar-refractivity contribution is 7.12. The number of thiophene rings is 1. The van der Waals surface area contributed by atoms with E-state index in [9.17, 15) is 9.59 Å². The number of Topliss-reactive ketones (excluding diaryl/α,β-unsaturated/α-hetero) is 1. The van der Waals surface area contributed by atoms with Crippen LogP contribution in [0.25, 0.3) is 0 Å². The van der Waals surface area contributed by atoms with Gasteiger partial charge in [0, 0.05) is 29.2 Å². The molecule has 3 atom stereocenters. The lowest BCUT2D eigenvalue weighted by Crippen LogP contribution is -2.50. The first kappa shape index (κ1) is 25.1. The molecule has 0 N–H and O–H groups in total. The Balaban J connectivity index is 1.51. The van der Waals surface area contributed by atoms with E-state index in [1.807, 2.05) is 24.3 Å². The number of benzene rings is 1. The molecule has 1 aromatic carbocycles. The number of hydrogen-bond acceptors (Lipinski definition) is 6. The van der Waals surface area contributed by atoms with Crippen molar-refractivity contribution in [1.29, 1.82) is 0 Å². The van der Waals surface area contributed by atoms with Crippen molar-refractivity contribution >= 4 is 23.1 Å². The van der Waals surface area contributed by atoms with Crippen LogP contribution >= 0.6 is 11.3 Å². The molecule has 6 heteroatoms. The van der Waals surface area contributed by atoms with E-state index in [0.717, 1.165) is 29.0 Å². The molecule has 0 bridgehead atoms. The molecule has 2 heterocycles. The third-order valence-corrected chi connectivity index (χ3v) is 8.01. The van der Waals surface area contributed by atoms with Crippen LogP contribution in [0.1, 0.15) is 67.2 Å². The predicted octanol–water partition coefficient (Wildman–Crippen LogP) is 5.91. The van der Waals surface area contributed by atoms with Gasteiger partial charge in [-0.25, -0.2) is 0 Å². The van der Waals surface area contributed by atoms with Gasteiger partial charge in [-0.15, -0.1) is 11.3 Å². The first-order valence-corrected chi connectivity index (χ1v) is 13.2. The Morgan fingerprint density at radius 1 is 1.12 bits per heavy atom. The van der Waals surface area contributed by atoms with Crippen LogP contribution in [0.2, 0.25) is 0 Å². The van der Waals surface area contributed by atoms with Gasteiger partial charge in [-0.2, -0.15) is 0 Å². The highest BCUT2D eigenvalue weighted by Gasteiger charge is 2.53. The molecule has 2 aliphatic rings. The number of aryl methyl sites for hydroxylation is 1. The Morgan fingerprint density at radius 3 is 2.53 bits per heavy atom. The van der Waals surface area contributed by atoms with E-state index in [1.165, 1.54) is 5.56 Å². The lowest BCUT2D eigenvalue weighted by atomic mass is 9.74. The van der Waals surface area contributed by atoms with Gasteiger partial charge in [-0.3, -0.25) is 9.59 Å².